The minimum atomic E-state index is -0.713. The van der Waals surface area contributed by atoms with Crippen molar-refractivity contribution in [1.29, 1.82) is 0 Å². The maximum absolute atomic E-state index is 13.5. The topological polar surface area (TPSA) is 193 Å². The number of morpholine rings is 1. The van der Waals surface area contributed by atoms with Crippen molar-refractivity contribution in [2.75, 3.05) is 47.1 Å². The molecule has 55 heavy (non-hydrogen) atoms. The highest BCUT2D eigenvalue weighted by atomic mass is 16.5. The number of nitrogens with zero attached hydrogens (tertiary/aromatic N) is 3. The monoisotopic (exact) mass is 754 g/mol. The number of hydrogen-bond acceptors (Lipinski definition) is 9. The van der Waals surface area contributed by atoms with Crippen LogP contribution in [0.4, 0.5) is 9.59 Å². The summed E-state index contributed by atoms with van der Waals surface area (Å²) in [6, 6.07) is 17.6. The molecule has 1 fully saturated rings. The minimum absolute atomic E-state index is 0.120. The van der Waals surface area contributed by atoms with Gasteiger partial charge in [-0.1, -0.05) is 51.1 Å². The Kier molecular flexibility index (Phi) is 14.2. The van der Waals surface area contributed by atoms with Gasteiger partial charge in [0.1, 0.15) is 23.7 Å². The number of amides is 4. The number of carbonyl (C=O) groups is 4. The van der Waals surface area contributed by atoms with Gasteiger partial charge in [-0.15, -0.1) is 0 Å². The first-order valence-corrected chi connectivity index (χ1v) is 18.7. The van der Waals surface area contributed by atoms with E-state index >= 15 is 0 Å². The van der Waals surface area contributed by atoms with Gasteiger partial charge < -0.3 is 45.0 Å². The van der Waals surface area contributed by atoms with Gasteiger partial charge in [0.15, 0.2) is 0 Å². The molecule has 1 aliphatic heterocycles. The summed E-state index contributed by atoms with van der Waals surface area (Å²) < 4.78 is 14.9. The second-order valence-electron chi connectivity index (χ2n) is 12.7. The van der Waals surface area contributed by atoms with Crippen molar-refractivity contribution in [2.45, 2.75) is 58.5 Å². The number of aryl methyl sites for hydroxylation is 1. The Morgan fingerprint density at radius 1 is 0.909 bits per heavy atom. The first kappa shape index (κ1) is 40.2. The van der Waals surface area contributed by atoms with Gasteiger partial charge >= 0.3 is 12.2 Å². The molecule has 0 saturated carbocycles. The van der Waals surface area contributed by atoms with Crippen molar-refractivity contribution in [3.63, 3.8) is 0 Å². The van der Waals surface area contributed by atoms with E-state index in [1.807, 2.05) is 39.1 Å². The number of aromatic nitrogens is 4. The number of aromatic amines is 2. The number of methoxy groups -OCH3 is 2. The third kappa shape index (κ3) is 10.2. The molecule has 5 N–H and O–H groups in total. The normalized spacial score (nSPS) is 14.4. The molecule has 0 radical (unpaired) electrons. The Bertz CT molecular complexity index is 2090. The van der Waals surface area contributed by atoms with Gasteiger partial charge in [0, 0.05) is 25.1 Å². The average molecular weight is 755 g/mol. The number of nitrogens with one attached hydrogen (secondary N) is 5. The lowest BCUT2D eigenvalue weighted by molar-refractivity contribution is -0.142. The minimum Gasteiger partial charge on any atom is -0.453 e. The van der Waals surface area contributed by atoms with Crippen LogP contribution in [-0.2, 0) is 30.2 Å². The molecule has 1 aliphatic rings. The maximum atomic E-state index is 13.5. The summed E-state index contributed by atoms with van der Waals surface area (Å²) in [6.07, 6.45) is 3.34. The molecule has 1 saturated heterocycles. The van der Waals surface area contributed by atoms with Crippen molar-refractivity contribution in [3.05, 3.63) is 72.4 Å². The first-order valence-electron chi connectivity index (χ1n) is 18.7. The van der Waals surface area contributed by atoms with Crippen molar-refractivity contribution < 1.29 is 33.4 Å². The van der Waals surface area contributed by atoms with E-state index in [0.717, 1.165) is 69.3 Å². The van der Waals surface area contributed by atoms with Crippen LogP contribution < -0.4 is 16.0 Å². The highest BCUT2D eigenvalue weighted by Crippen LogP contribution is 2.31. The second-order valence-corrected chi connectivity index (χ2v) is 12.7. The van der Waals surface area contributed by atoms with Crippen LogP contribution >= 0.6 is 0 Å². The number of H-pyrrole nitrogens is 2. The van der Waals surface area contributed by atoms with E-state index in [4.69, 9.17) is 14.5 Å². The molecule has 3 aromatic carbocycles. The summed E-state index contributed by atoms with van der Waals surface area (Å²) in [5.74, 6) is 1.03. The summed E-state index contributed by atoms with van der Waals surface area (Å²) >= 11 is 0. The fourth-order valence-electron chi connectivity index (χ4n) is 6.36. The zero-order valence-corrected chi connectivity index (χ0v) is 32.0. The standard InChI is InChI=1S/C38H44N8O7.C2H6/c1-4-28(45-38(50)52-3)36(48)46-15-16-53-22-32(46)35-43-29-13-12-26(19-30(29)44-35)24-8-9-25-18-27(11-10-23(25)17-24)31-20-40-33(42-31)7-5-6-14-39-34(47)21-41-37(49)51-2;1-2/h8-13,17-20,28,32H,4-7,14-16,21-22H2,1-3H3,(H,39,47)(H,40,42)(H,41,49)(H,43,44)(H,45,50);1-2H3. The van der Waals surface area contributed by atoms with Crippen LogP contribution in [0.3, 0.4) is 0 Å². The Morgan fingerprint density at radius 2 is 1.62 bits per heavy atom. The van der Waals surface area contributed by atoms with Crippen molar-refractivity contribution in [2.24, 2.45) is 0 Å². The molecule has 15 heteroatoms. The largest absolute Gasteiger partial charge is 0.453 e. The molecular formula is C40H50N8O7. The van der Waals surface area contributed by atoms with Gasteiger partial charge in [-0.05, 0) is 65.4 Å². The first-order chi connectivity index (χ1) is 26.8. The van der Waals surface area contributed by atoms with E-state index in [1.54, 1.807) is 4.90 Å². The van der Waals surface area contributed by atoms with E-state index in [0.29, 0.717) is 38.5 Å². The molecule has 5 aromatic rings. The fraction of sp³-hybridized carbons (Fsp3) is 0.400. The molecule has 2 aromatic heterocycles. The van der Waals surface area contributed by atoms with Crippen LogP contribution in [-0.4, -0.2) is 102 Å². The summed E-state index contributed by atoms with van der Waals surface area (Å²) in [4.78, 5) is 66.1. The van der Waals surface area contributed by atoms with Crippen molar-refractivity contribution >= 4 is 45.8 Å². The molecule has 4 amide bonds. The van der Waals surface area contributed by atoms with Crippen LogP contribution in [0, 0.1) is 0 Å². The molecule has 2 unspecified atom stereocenters. The number of rotatable bonds is 13. The van der Waals surface area contributed by atoms with Gasteiger partial charge in [0.2, 0.25) is 11.8 Å². The molecule has 0 bridgehead atoms. The molecule has 0 spiro atoms. The molecule has 2 atom stereocenters. The van der Waals surface area contributed by atoms with Gasteiger partial charge in [0.25, 0.3) is 0 Å². The summed E-state index contributed by atoms with van der Waals surface area (Å²) in [5.41, 5.74) is 5.67. The lowest BCUT2D eigenvalue weighted by atomic mass is 9.99. The lowest BCUT2D eigenvalue weighted by Gasteiger charge is -2.36. The van der Waals surface area contributed by atoms with Crippen LogP contribution in [0.1, 0.15) is 57.7 Å². The maximum Gasteiger partial charge on any atom is 0.407 e. The smallest absolute Gasteiger partial charge is 0.407 e. The van der Waals surface area contributed by atoms with Gasteiger partial charge in [0.05, 0.1) is 56.9 Å². The van der Waals surface area contributed by atoms with E-state index in [1.165, 1.54) is 14.2 Å². The molecule has 3 heterocycles. The fourth-order valence-corrected chi connectivity index (χ4v) is 6.36. The van der Waals surface area contributed by atoms with Gasteiger partial charge in [-0.2, -0.15) is 0 Å². The predicted molar refractivity (Wildman–Crippen MR) is 209 cm³/mol. The Morgan fingerprint density at radius 3 is 2.36 bits per heavy atom. The highest BCUT2D eigenvalue weighted by Gasteiger charge is 2.35. The van der Waals surface area contributed by atoms with Crippen LogP contribution in [0.5, 0.6) is 0 Å². The Labute approximate surface area is 319 Å². The molecular weight excluding hydrogens is 704 g/mol. The van der Waals surface area contributed by atoms with E-state index in [9.17, 15) is 19.2 Å². The number of alkyl carbamates (subject to hydrolysis) is 2. The second kappa shape index (κ2) is 19.4. The SMILES string of the molecule is CC.CCC(NC(=O)OC)C(=O)N1CCOCC1c1nc2ccc(-c3ccc4cc(-c5cnc(CCCCNC(=O)CNC(=O)OC)[nH]5)ccc4c3)cc2[nH]1. The number of benzene rings is 3. The lowest BCUT2D eigenvalue weighted by Crippen LogP contribution is -2.52. The molecule has 15 nitrogen and oxygen atoms in total. The predicted octanol–water partition coefficient (Wildman–Crippen LogP) is 5.63. The highest BCUT2D eigenvalue weighted by molar-refractivity contribution is 5.92. The third-order valence-corrected chi connectivity index (χ3v) is 9.27. The van der Waals surface area contributed by atoms with Crippen LogP contribution in [0.15, 0.2) is 60.8 Å². The quantitative estimate of drug-likeness (QED) is 0.0948. The summed E-state index contributed by atoms with van der Waals surface area (Å²) in [5, 5.41) is 9.95. The van der Waals surface area contributed by atoms with E-state index in [-0.39, 0.29) is 18.4 Å². The number of imidazole rings is 2. The van der Waals surface area contributed by atoms with Crippen molar-refractivity contribution in [1.82, 2.24) is 40.8 Å². The Balaban J connectivity index is 0.00000285. The number of hydrogen-bond donors (Lipinski definition) is 5. The van der Waals surface area contributed by atoms with Crippen molar-refractivity contribution in [3.8, 4) is 22.4 Å². The average Bonchev–Trinajstić information content (AvgIpc) is 3.89. The molecule has 0 aliphatic carbocycles. The zero-order chi connectivity index (χ0) is 39.3. The number of ether oxygens (including phenoxy) is 3. The van der Waals surface area contributed by atoms with Crippen LogP contribution in [0.25, 0.3) is 44.2 Å². The van der Waals surface area contributed by atoms with Crippen LogP contribution in [0.2, 0.25) is 0 Å². The van der Waals surface area contributed by atoms with Gasteiger partial charge in [-0.25, -0.2) is 19.6 Å². The molecule has 292 valence electrons. The summed E-state index contributed by atoms with van der Waals surface area (Å²) in [7, 11) is 2.52. The zero-order valence-electron chi connectivity index (χ0n) is 32.0. The van der Waals surface area contributed by atoms with Gasteiger partial charge in [-0.3, -0.25) is 9.59 Å². The number of fused-ring (bicyclic) bond motifs is 2. The van der Waals surface area contributed by atoms with E-state index < -0.39 is 24.3 Å². The van der Waals surface area contributed by atoms with E-state index in [2.05, 4.69) is 78.1 Å². The third-order valence-electron chi connectivity index (χ3n) is 9.27. The number of carbonyl (C=O) groups excluding carboxylic acids is 4. The molecule has 6 rings (SSSR count). The number of unbranched alkanes of at least 4 members (excludes halogenated alkanes) is 1. The summed E-state index contributed by atoms with van der Waals surface area (Å²) in [6.45, 7) is 7.31. The Hall–Kier alpha value is -5.96.